The quantitative estimate of drug-likeness (QED) is 0.771. The Hall–Kier alpha value is -2.03. The van der Waals surface area contributed by atoms with Crippen molar-refractivity contribution in [3.63, 3.8) is 0 Å². The first-order valence-electron chi connectivity index (χ1n) is 7.38. The van der Waals surface area contributed by atoms with Crippen molar-refractivity contribution in [2.75, 3.05) is 17.2 Å². The highest BCUT2D eigenvalue weighted by molar-refractivity contribution is 5.58. The van der Waals surface area contributed by atoms with Gasteiger partial charge in [-0.15, -0.1) is 0 Å². The van der Waals surface area contributed by atoms with E-state index in [1.165, 1.54) is 12.0 Å². The van der Waals surface area contributed by atoms with Crippen LogP contribution in [0.15, 0.2) is 42.5 Å². The van der Waals surface area contributed by atoms with E-state index in [1.54, 1.807) is 0 Å². The van der Waals surface area contributed by atoms with Crippen LogP contribution >= 0.6 is 0 Å². The van der Waals surface area contributed by atoms with Crippen LogP contribution in [0.1, 0.15) is 32.3 Å². The zero-order valence-electron chi connectivity index (χ0n) is 12.3. The van der Waals surface area contributed by atoms with E-state index in [0.717, 1.165) is 36.7 Å². The summed E-state index contributed by atoms with van der Waals surface area (Å²) in [5.41, 5.74) is 2.45. The Kier molecular flexibility index (Phi) is 5.42. The molecule has 0 spiro atoms. The molecule has 106 valence electrons. The average molecular weight is 269 g/mol. The molecule has 0 bridgehead atoms. The van der Waals surface area contributed by atoms with Crippen LogP contribution in [0, 0.1) is 0 Å². The lowest BCUT2D eigenvalue weighted by Crippen LogP contribution is -2.03. The molecule has 3 heteroatoms. The largest absolute Gasteiger partial charge is 0.370 e. The van der Waals surface area contributed by atoms with Crippen molar-refractivity contribution >= 4 is 17.3 Å². The number of nitrogens with zero attached hydrogens (tertiary/aromatic N) is 1. The van der Waals surface area contributed by atoms with Crippen LogP contribution in [0.2, 0.25) is 0 Å². The van der Waals surface area contributed by atoms with Gasteiger partial charge in [0.15, 0.2) is 0 Å². The molecule has 0 radical (unpaired) electrons. The van der Waals surface area contributed by atoms with Crippen LogP contribution in [0.5, 0.6) is 0 Å². The highest BCUT2D eigenvalue weighted by atomic mass is 15.1. The molecule has 0 fully saturated rings. The van der Waals surface area contributed by atoms with Gasteiger partial charge in [0.25, 0.3) is 0 Å². The first-order valence-corrected chi connectivity index (χ1v) is 7.38. The molecule has 2 aromatic rings. The number of pyridine rings is 1. The molecule has 0 aliphatic heterocycles. The van der Waals surface area contributed by atoms with Crippen LogP contribution < -0.4 is 10.6 Å². The number of rotatable bonds is 7. The van der Waals surface area contributed by atoms with Gasteiger partial charge in [0, 0.05) is 12.2 Å². The van der Waals surface area contributed by atoms with Gasteiger partial charge >= 0.3 is 0 Å². The normalized spacial score (nSPS) is 10.3. The van der Waals surface area contributed by atoms with Gasteiger partial charge in [-0.25, -0.2) is 4.98 Å². The predicted molar refractivity (Wildman–Crippen MR) is 86.7 cm³/mol. The standard InChI is InChI=1S/C17H23N3/c1-3-6-14-9-11-15(12-10-14)19-17-8-5-7-16(20-17)18-13-4-2/h5,7-12H,3-4,6,13H2,1-2H3,(H2,18,19,20). The molecule has 1 aromatic carbocycles. The van der Waals surface area contributed by atoms with Crippen molar-refractivity contribution in [2.24, 2.45) is 0 Å². The van der Waals surface area contributed by atoms with Crippen LogP contribution in [-0.2, 0) is 6.42 Å². The summed E-state index contributed by atoms with van der Waals surface area (Å²) in [7, 11) is 0. The van der Waals surface area contributed by atoms with Crippen molar-refractivity contribution in [1.82, 2.24) is 4.98 Å². The second-order valence-electron chi connectivity index (χ2n) is 4.91. The zero-order chi connectivity index (χ0) is 14.2. The second-order valence-corrected chi connectivity index (χ2v) is 4.91. The molecule has 1 heterocycles. The zero-order valence-corrected chi connectivity index (χ0v) is 12.3. The molecular formula is C17H23N3. The molecule has 0 unspecified atom stereocenters. The Balaban J connectivity index is 2.01. The number of benzene rings is 1. The minimum atomic E-state index is 0.870. The van der Waals surface area contributed by atoms with E-state index in [4.69, 9.17) is 0 Å². The fourth-order valence-corrected chi connectivity index (χ4v) is 2.05. The third-order valence-corrected chi connectivity index (χ3v) is 3.07. The lowest BCUT2D eigenvalue weighted by molar-refractivity contribution is 0.922. The Morgan fingerprint density at radius 3 is 2.35 bits per heavy atom. The van der Waals surface area contributed by atoms with Gasteiger partial charge in [0.1, 0.15) is 11.6 Å². The minimum Gasteiger partial charge on any atom is -0.370 e. The maximum atomic E-state index is 4.54. The molecule has 2 N–H and O–H groups in total. The third-order valence-electron chi connectivity index (χ3n) is 3.07. The SMILES string of the molecule is CCCNc1cccc(Nc2ccc(CCC)cc2)n1. The number of hydrogen-bond donors (Lipinski definition) is 2. The predicted octanol–water partition coefficient (Wildman–Crippen LogP) is 4.60. The van der Waals surface area contributed by atoms with E-state index >= 15 is 0 Å². The van der Waals surface area contributed by atoms with Gasteiger partial charge < -0.3 is 10.6 Å². The summed E-state index contributed by atoms with van der Waals surface area (Å²) in [5.74, 6) is 1.79. The highest BCUT2D eigenvalue weighted by Crippen LogP contribution is 2.17. The lowest BCUT2D eigenvalue weighted by Gasteiger charge is -2.09. The Morgan fingerprint density at radius 1 is 0.900 bits per heavy atom. The smallest absolute Gasteiger partial charge is 0.132 e. The van der Waals surface area contributed by atoms with Crippen molar-refractivity contribution in [3.05, 3.63) is 48.0 Å². The maximum Gasteiger partial charge on any atom is 0.132 e. The second kappa shape index (κ2) is 7.53. The van der Waals surface area contributed by atoms with Crippen molar-refractivity contribution in [2.45, 2.75) is 33.1 Å². The van der Waals surface area contributed by atoms with Gasteiger partial charge in [-0.1, -0.05) is 38.5 Å². The fourth-order valence-electron chi connectivity index (χ4n) is 2.05. The van der Waals surface area contributed by atoms with Gasteiger partial charge in [-0.3, -0.25) is 0 Å². The summed E-state index contributed by atoms with van der Waals surface area (Å²) in [6, 6.07) is 14.6. The molecule has 0 aliphatic rings. The highest BCUT2D eigenvalue weighted by Gasteiger charge is 1.99. The molecular weight excluding hydrogens is 246 g/mol. The third kappa shape index (κ3) is 4.26. The fraction of sp³-hybridized carbons (Fsp3) is 0.353. The Bertz CT molecular complexity index is 520. The number of hydrogen-bond acceptors (Lipinski definition) is 3. The molecule has 20 heavy (non-hydrogen) atoms. The van der Waals surface area contributed by atoms with E-state index < -0.39 is 0 Å². The number of nitrogens with one attached hydrogen (secondary N) is 2. The van der Waals surface area contributed by atoms with Crippen LogP contribution in [0.4, 0.5) is 17.3 Å². The maximum absolute atomic E-state index is 4.54. The monoisotopic (exact) mass is 269 g/mol. The molecule has 0 atom stereocenters. The van der Waals surface area contributed by atoms with E-state index in [2.05, 4.69) is 53.7 Å². The van der Waals surface area contributed by atoms with E-state index in [0.29, 0.717) is 0 Å². The van der Waals surface area contributed by atoms with Gasteiger partial charge in [0.2, 0.25) is 0 Å². The van der Waals surface area contributed by atoms with Crippen LogP contribution in [0.25, 0.3) is 0 Å². The summed E-state index contributed by atoms with van der Waals surface area (Å²) in [5, 5.41) is 6.63. The van der Waals surface area contributed by atoms with Crippen molar-refractivity contribution in [1.29, 1.82) is 0 Å². The molecule has 2 rings (SSSR count). The van der Waals surface area contributed by atoms with Crippen molar-refractivity contribution < 1.29 is 0 Å². The van der Waals surface area contributed by atoms with E-state index in [1.807, 2.05) is 18.2 Å². The number of aryl methyl sites for hydroxylation is 1. The molecule has 0 aliphatic carbocycles. The summed E-state index contributed by atoms with van der Waals surface area (Å²) < 4.78 is 0. The molecule has 3 nitrogen and oxygen atoms in total. The lowest BCUT2D eigenvalue weighted by atomic mass is 10.1. The average Bonchev–Trinajstić information content (AvgIpc) is 2.48. The van der Waals surface area contributed by atoms with E-state index in [-0.39, 0.29) is 0 Å². The minimum absolute atomic E-state index is 0.870. The first kappa shape index (κ1) is 14.4. The molecule has 1 aromatic heterocycles. The summed E-state index contributed by atoms with van der Waals surface area (Å²) in [6.45, 7) is 5.29. The first-order chi connectivity index (χ1) is 9.81. The number of anilines is 3. The Labute approximate surface area is 121 Å². The summed E-state index contributed by atoms with van der Waals surface area (Å²) in [4.78, 5) is 4.54. The van der Waals surface area contributed by atoms with E-state index in [9.17, 15) is 0 Å². The Morgan fingerprint density at radius 2 is 1.65 bits per heavy atom. The van der Waals surface area contributed by atoms with Crippen LogP contribution in [-0.4, -0.2) is 11.5 Å². The molecule has 0 amide bonds. The van der Waals surface area contributed by atoms with Gasteiger partial charge in [-0.05, 0) is 42.7 Å². The summed E-state index contributed by atoms with van der Waals surface area (Å²) in [6.07, 6.45) is 3.41. The topological polar surface area (TPSA) is 37.0 Å². The molecule has 0 saturated heterocycles. The van der Waals surface area contributed by atoms with Gasteiger partial charge in [0.05, 0.1) is 0 Å². The van der Waals surface area contributed by atoms with Crippen molar-refractivity contribution in [3.8, 4) is 0 Å². The summed E-state index contributed by atoms with van der Waals surface area (Å²) >= 11 is 0. The number of aromatic nitrogens is 1. The molecule has 0 saturated carbocycles. The van der Waals surface area contributed by atoms with Gasteiger partial charge in [-0.2, -0.15) is 0 Å². The van der Waals surface area contributed by atoms with Crippen LogP contribution in [0.3, 0.4) is 0 Å².